The highest BCUT2D eigenvalue weighted by molar-refractivity contribution is 6.35. The van der Waals surface area contributed by atoms with Crippen LogP contribution < -0.4 is 0 Å². The highest BCUT2D eigenvalue weighted by Crippen LogP contribution is 2.31. The van der Waals surface area contributed by atoms with Gasteiger partial charge in [0.1, 0.15) is 5.82 Å². The molecule has 2 nitrogen and oxygen atoms in total. The number of aryl methyl sites for hydroxylation is 1. The molecule has 0 aliphatic carbocycles. The summed E-state index contributed by atoms with van der Waals surface area (Å²) in [5, 5.41) is 9.91. The number of carboxylic acids is 1. The van der Waals surface area contributed by atoms with Crippen molar-refractivity contribution in [2.75, 3.05) is 0 Å². The SMILES string of the molecule is Cc1cc(C(=O)O)c(-c2cc(Cl)cc(Cl)c2)cc1F. The Hall–Kier alpha value is -1.58. The van der Waals surface area contributed by atoms with Crippen LogP contribution in [0.3, 0.4) is 0 Å². The molecule has 0 saturated heterocycles. The van der Waals surface area contributed by atoms with Crippen molar-refractivity contribution in [3.05, 3.63) is 57.3 Å². The number of benzene rings is 2. The van der Waals surface area contributed by atoms with Gasteiger partial charge < -0.3 is 5.11 Å². The second-order valence-corrected chi connectivity index (χ2v) is 4.98. The molecule has 5 heteroatoms. The number of hydrogen-bond donors (Lipinski definition) is 1. The highest BCUT2D eigenvalue weighted by Gasteiger charge is 2.15. The minimum Gasteiger partial charge on any atom is -0.478 e. The van der Waals surface area contributed by atoms with Crippen LogP contribution in [-0.2, 0) is 0 Å². The number of rotatable bonds is 2. The van der Waals surface area contributed by atoms with Crippen LogP contribution in [0.5, 0.6) is 0 Å². The van der Waals surface area contributed by atoms with Crippen molar-refractivity contribution in [2.45, 2.75) is 6.92 Å². The molecule has 0 aromatic heterocycles. The monoisotopic (exact) mass is 298 g/mol. The van der Waals surface area contributed by atoms with Gasteiger partial charge in [0.15, 0.2) is 0 Å². The van der Waals surface area contributed by atoms with Gasteiger partial charge in [-0.3, -0.25) is 0 Å². The van der Waals surface area contributed by atoms with Crippen LogP contribution in [0.1, 0.15) is 15.9 Å². The zero-order valence-electron chi connectivity index (χ0n) is 9.88. The second-order valence-electron chi connectivity index (χ2n) is 4.11. The maximum absolute atomic E-state index is 13.7. The van der Waals surface area contributed by atoms with Crippen molar-refractivity contribution >= 4 is 29.2 Å². The molecule has 0 spiro atoms. The van der Waals surface area contributed by atoms with E-state index in [4.69, 9.17) is 23.2 Å². The van der Waals surface area contributed by atoms with E-state index in [0.29, 0.717) is 15.6 Å². The van der Waals surface area contributed by atoms with Gasteiger partial charge in [-0.05, 0) is 53.9 Å². The third kappa shape index (κ3) is 2.88. The van der Waals surface area contributed by atoms with Crippen molar-refractivity contribution in [2.24, 2.45) is 0 Å². The van der Waals surface area contributed by atoms with Gasteiger partial charge in [0.25, 0.3) is 0 Å². The Kier molecular flexibility index (Phi) is 3.78. The number of halogens is 3. The van der Waals surface area contributed by atoms with E-state index >= 15 is 0 Å². The van der Waals surface area contributed by atoms with Crippen LogP contribution in [0.4, 0.5) is 4.39 Å². The predicted octanol–water partition coefficient (Wildman–Crippen LogP) is 4.81. The summed E-state index contributed by atoms with van der Waals surface area (Å²) in [6, 6.07) is 7.09. The maximum atomic E-state index is 13.7. The van der Waals surface area contributed by atoms with Crippen molar-refractivity contribution in [3.63, 3.8) is 0 Å². The molecule has 19 heavy (non-hydrogen) atoms. The van der Waals surface area contributed by atoms with Gasteiger partial charge >= 0.3 is 5.97 Å². The lowest BCUT2D eigenvalue weighted by Gasteiger charge is -2.09. The molecule has 1 N–H and O–H groups in total. The number of carboxylic acid groups (broad SMARTS) is 1. The summed E-state index contributed by atoms with van der Waals surface area (Å²) in [5.74, 6) is -1.61. The highest BCUT2D eigenvalue weighted by atomic mass is 35.5. The molecular formula is C14H9Cl2FO2. The molecule has 0 saturated carbocycles. The summed E-state index contributed by atoms with van der Waals surface area (Å²) in [4.78, 5) is 11.2. The van der Waals surface area contributed by atoms with Crippen LogP contribution in [-0.4, -0.2) is 11.1 Å². The Labute approximate surface area is 119 Å². The van der Waals surface area contributed by atoms with Gasteiger partial charge in [-0.25, -0.2) is 9.18 Å². The smallest absolute Gasteiger partial charge is 0.336 e. The fourth-order valence-corrected chi connectivity index (χ4v) is 2.33. The molecule has 98 valence electrons. The van der Waals surface area contributed by atoms with E-state index in [1.807, 2.05) is 0 Å². The number of aromatic carboxylic acids is 1. The molecule has 0 aliphatic heterocycles. The Balaban J connectivity index is 2.73. The van der Waals surface area contributed by atoms with Crippen molar-refractivity contribution in [1.82, 2.24) is 0 Å². The van der Waals surface area contributed by atoms with E-state index in [1.54, 1.807) is 12.1 Å². The van der Waals surface area contributed by atoms with Gasteiger partial charge in [0.05, 0.1) is 5.56 Å². The Bertz CT molecular complexity index is 648. The number of hydrogen-bond acceptors (Lipinski definition) is 1. The molecule has 0 amide bonds. The first kappa shape index (κ1) is 13.8. The zero-order valence-corrected chi connectivity index (χ0v) is 11.4. The summed E-state index contributed by atoms with van der Waals surface area (Å²) < 4.78 is 13.7. The van der Waals surface area contributed by atoms with E-state index in [0.717, 1.165) is 0 Å². The van der Waals surface area contributed by atoms with E-state index in [-0.39, 0.29) is 16.7 Å². The van der Waals surface area contributed by atoms with Crippen LogP contribution in [0.2, 0.25) is 10.0 Å². The lowest BCUT2D eigenvalue weighted by atomic mass is 9.97. The van der Waals surface area contributed by atoms with Crippen molar-refractivity contribution in [3.8, 4) is 11.1 Å². The normalized spacial score (nSPS) is 10.5. The van der Waals surface area contributed by atoms with E-state index in [1.165, 1.54) is 25.1 Å². The van der Waals surface area contributed by atoms with Crippen molar-refractivity contribution < 1.29 is 14.3 Å². The first-order valence-corrected chi connectivity index (χ1v) is 6.14. The predicted molar refractivity (Wildman–Crippen MR) is 73.6 cm³/mol. The molecule has 0 unspecified atom stereocenters. The molecule has 0 aliphatic rings. The molecule has 2 rings (SSSR count). The molecular weight excluding hydrogens is 290 g/mol. The van der Waals surface area contributed by atoms with Gasteiger partial charge in [0, 0.05) is 10.0 Å². The summed E-state index contributed by atoms with van der Waals surface area (Å²) in [6.07, 6.45) is 0. The number of carbonyl (C=O) groups is 1. The summed E-state index contributed by atoms with van der Waals surface area (Å²) >= 11 is 11.8. The summed E-state index contributed by atoms with van der Waals surface area (Å²) in [6.45, 7) is 1.51. The molecule has 0 radical (unpaired) electrons. The van der Waals surface area contributed by atoms with Crippen LogP contribution in [0, 0.1) is 12.7 Å². The quantitative estimate of drug-likeness (QED) is 0.864. The third-order valence-electron chi connectivity index (χ3n) is 2.70. The third-order valence-corrected chi connectivity index (χ3v) is 3.14. The van der Waals surface area contributed by atoms with Crippen LogP contribution in [0.25, 0.3) is 11.1 Å². The molecule has 2 aromatic rings. The standard InChI is InChI=1S/C14H9Cl2FO2/c1-7-2-12(14(18)19)11(6-13(7)17)8-3-9(15)5-10(16)4-8/h2-6H,1H3,(H,18,19). The zero-order chi connectivity index (χ0) is 14.2. The van der Waals surface area contributed by atoms with Crippen molar-refractivity contribution in [1.29, 1.82) is 0 Å². The van der Waals surface area contributed by atoms with Gasteiger partial charge in [-0.1, -0.05) is 23.2 Å². The molecule has 0 heterocycles. The van der Waals surface area contributed by atoms with E-state index < -0.39 is 11.8 Å². The molecule has 2 aromatic carbocycles. The molecule has 0 atom stereocenters. The fraction of sp³-hybridized carbons (Fsp3) is 0.0714. The first-order valence-electron chi connectivity index (χ1n) is 5.38. The lowest BCUT2D eigenvalue weighted by molar-refractivity contribution is 0.0697. The summed E-state index contributed by atoms with van der Waals surface area (Å²) in [5.41, 5.74) is 1.00. The topological polar surface area (TPSA) is 37.3 Å². The van der Waals surface area contributed by atoms with Gasteiger partial charge in [-0.15, -0.1) is 0 Å². The molecule has 0 fully saturated rings. The fourth-order valence-electron chi connectivity index (χ4n) is 1.81. The average molecular weight is 299 g/mol. The largest absolute Gasteiger partial charge is 0.478 e. The van der Waals surface area contributed by atoms with Crippen LogP contribution >= 0.6 is 23.2 Å². The Morgan fingerprint density at radius 2 is 1.68 bits per heavy atom. The molecule has 0 bridgehead atoms. The first-order chi connectivity index (χ1) is 8.88. The van der Waals surface area contributed by atoms with Gasteiger partial charge in [0.2, 0.25) is 0 Å². The summed E-state index contributed by atoms with van der Waals surface area (Å²) in [7, 11) is 0. The van der Waals surface area contributed by atoms with Crippen LogP contribution in [0.15, 0.2) is 30.3 Å². The van der Waals surface area contributed by atoms with Gasteiger partial charge in [-0.2, -0.15) is 0 Å². The lowest BCUT2D eigenvalue weighted by Crippen LogP contribution is -2.02. The maximum Gasteiger partial charge on any atom is 0.336 e. The van der Waals surface area contributed by atoms with E-state index in [2.05, 4.69) is 0 Å². The Morgan fingerprint density at radius 3 is 2.21 bits per heavy atom. The van der Waals surface area contributed by atoms with E-state index in [9.17, 15) is 14.3 Å². The minimum absolute atomic E-state index is 0.0113. The second kappa shape index (κ2) is 5.19. The minimum atomic E-state index is -1.13. The average Bonchev–Trinajstić information content (AvgIpc) is 2.30. The Morgan fingerprint density at radius 1 is 1.11 bits per heavy atom.